The van der Waals surface area contributed by atoms with Crippen molar-refractivity contribution in [2.75, 3.05) is 5.73 Å². The molecule has 13 heavy (non-hydrogen) atoms. The van der Waals surface area contributed by atoms with Gasteiger partial charge >= 0.3 is 0 Å². The highest BCUT2D eigenvalue weighted by atomic mass is 35.5. The molecule has 0 aliphatic heterocycles. The number of halogens is 1. The van der Waals surface area contributed by atoms with Crippen molar-refractivity contribution in [3.05, 3.63) is 28.9 Å². The number of aromatic nitrogens is 2. The van der Waals surface area contributed by atoms with E-state index in [9.17, 15) is 0 Å². The molecule has 2 rings (SSSR count). The van der Waals surface area contributed by atoms with Crippen LogP contribution in [0.3, 0.4) is 0 Å². The Hall–Kier alpha value is -1.13. The highest BCUT2D eigenvalue weighted by Crippen LogP contribution is 2.24. The fourth-order valence-corrected chi connectivity index (χ4v) is 1.86. The van der Waals surface area contributed by atoms with E-state index in [-0.39, 0.29) is 5.28 Å². The maximum Gasteiger partial charge on any atom is 0.224 e. The van der Waals surface area contributed by atoms with Gasteiger partial charge < -0.3 is 5.73 Å². The lowest BCUT2D eigenvalue weighted by molar-refractivity contribution is 1.19. The van der Waals surface area contributed by atoms with Crippen molar-refractivity contribution >= 4 is 28.8 Å². The molecule has 2 N–H and O–H groups in total. The Kier molecular flexibility index (Phi) is 2.16. The lowest BCUT2D eigenvalue weighted by Crippen LogP contribution is -1.93. The van der Waals surface area contributed by atoms with Gasteiger partial charge in [0.15, 0.2) is 0 Å². The molecule has 5 heteroatoms. The van der Waals surface area contributed by atoms with Crippen molar-refractivity contribution < 1.29 is 0 Å². The number of nitrogen functional groups attached to an aromatic ring is 1. The molecule has 0 aromatic carbocycles. The smallest absolute Gasteiger partial charge is 0.224 e. The molecule has 0 fully saturated rings. The molecule has 66 valence electrons. The molecular weight excluding hydrogens is 206 g/mol. The van der Waals surface area contributed by atoms with Gasteiger partial charge in [-0.15, -0.1) is 11.3 Å². The fraction of sp³-hybridized carbons (Fsp3) is 0. The third kappa shape index (κ3) is 1.79. The van der Waals surface area contributed by atoms with Crippen LogP contribution in [0, 0.1) is 0 Å². The number of anilines is 1. The Morgan fingerprint density at radius 1 is 1.38 bits per heavy atom. The summed E-state index contributed by atoms with van der Waals surface area (Å²) >= 11 is 7.26. The van der Waals surface area contributed by atoms with Gasteiger partial charge in [0.05, 0.1) is 10.6 Å². The van der Waals surface area contributed by atoms with E-state index in [1.807, 2.05) is 17.5 Å². The van der Waals surface area contributed by atoms with Crippen molar-refractivity contribution in [1.82, 2.24) is 9.97 Å². The van der Waals surface area contributed by atoms with Crippen molar-refractivity contribution in [2.24, 2.45) is 0 Å². The Labute approximate surface area is 84.2 Å². The molecule has 3 nitrogen and oxygen atoms in total. The van der Waals surface area contributed by atoms with E-state index >= 15 is 0 Å². The molecule has 0 saturated carbocycles. The molecule has 0 atom stereocenters. The first-order valence-corrected chi connectivity index (χ1v) is 4.85. The topological polar surface area (TPSA) is 51.8 Å². The minimum atomic E-state index is 0.184. The third-order valence-electron chi connectivity index (χ3n) is 1.49. The van der Waals surface area contributed by atoms with E-state index in [4.69, 9.17) is 17.3 Å². The molecular formula is C8H6ClN3S. The monoisotopic (exact) mass is 211 g/mol. The van der Waals surface area contributed by atoms with Crippen LogP contribution in [-0.4, -0.2) is 9.97 Å². The van der Waals surface area contributed by atoms with E-state index < -0.39 is 0 Å². The molecule has 0 unspecified atom stereocenters. The second kappa shape index (κ2) is 3.32. The Bertz CT molecular complexity index is 393. The second-order valence-corrected chi connectivity index (χ2v) is 3.71. The predicted octanol–water partition coefficient (Wildman–Crippen LogP) is 2.44. The van der Waals surface area contributed by atoms with Gasteiger partial charge in [-0.1, -0.05) is 6.07 Å². The van der Waals surface area contributed by atoms with E-state index in [0.29, 0.717) is 5.82 Å². The highest BCUT2D eigenvalue weighted by molar-refractivity contribution is 7.13. The predicted molar refractivity (Wildman–Crippen MR) is 54.8 cm³/mol. The van der Waals surface area contributed by atoms with E-state index in [1.165, 1.54) is 0 Å². The summed E-state index contributed by atoms with van der Waals surface area (Å²) in [5, 5.41) is 2.16. The summed E-state index contributed by atoms with van der Waals surface area (Å²) in [6.07, 6.45) is 0. The number of rotatable bonds is 1. The molecule has 0 spiro atoms. The molecule has 0 aliphatic rings. The second-order valence-electron chi connectivity index (χ2n) is 2.42. The molecule has 0 radical (unpaired) electrons. The number of nitrogens with two attached hydrogens (primary N) is 1. The molecule has 0 amide bonds. The van der Waals surface area contributed by atoms with Crippen LogP contribution in [0.2, 0.25) is 5.28 Å². The quantitative estimate of drug-likeness (QED) is 0.738. The van der Waals surface area contributed by atoms with Crippen molar-refractivity contribution in [3.8, 4) is 10.6 Å². The lowest BCUT2D eigenvalue weighted by atomic mass is 10.3. The molecule has 0 aliphatic carbocycles. The van der Waals surface area contributed by atoms with Crippen molar-refractivity contribution in [2.45, 2.75) is 0 Å². The maximum absolute atomic E-state index is 5.67. The molecule has 2 aromatic heterocycles. The van der Waals surface area contributed by atoms with Gasteiger partial charge in [0.2, 0.25) is 5.28 Å². The highest BCUT2D eigenvalue weighted by Gasteiger charge is 2.03. The summed E-state index contributed by atoms with van der Waals surface area (Å²) < 4.78 is 0. The minimum Gasteiger partial charge on any atom is -0.384 e. The Morgan fingerprint density at radius 2 is 2.23 bits per heavy atom. The van der Waals surface area contributed by atoms with Gasteiger partial charge in [-0.05, 0) is 23.0 Å². The largest absolute Gasteiger partial charge is 0.384 e. The zero-order chi connectivity index (χ0) is 9.26. The summed E-state index contributed by atoms with van der Waals surface area (Å²) in [6, 6.07) is 5.62. The van der Waals surface area contributed by atoms with Crippen molar-refractivity contribution in [3.63, 3.8) is 0 Å². The van der Waals surface area contributed by atoms with Crippen LogP contribution < -0.4 is 5.73 Å². The van der Waals surface area contributed by atoms with E-state index in [2.05, 4.69) is 9.97 Å². The number of hydrogen-bond donors (Lipinski definition) is 1. The maximum atomic E-state index is 5.67. The molecule has 0 bridgehead atoms. The SMILES string of the molecule is Nc1cc(-c2cccs2)nc(Cl)n1. The Morgan fingerprint density at radius 3 is 2.85 bits per heavy atom. The summed E-state index contributed by atoms with van der Waals surface area (Å²) in [5.74, 6) is 0.392. The van der Waals surface area contributed by atoms with E-state index in [1.54, 1.807) is 17.4 Å². The fourth-order valence-electron chi connectivity index (χ4n) is 0.986. The van der Waals surface area contributed by atoms with Gasteiger partial charge in [0.25, 0.3) is 0 Å². The van der Waals surface area contributed by atoms with Gasteiger partial charge in [-0.25, -0.2) is 9.97 Å². The number of nitrogens with zero attached hydrogens (tertiary/aromatic N) is 2. The van der Waals surface area contributed by atoms with Gasteiger partial charge in [0, 0.05) is 6.07 Å². The van der Waals surface area contributed by atoms with Gasteiger partial charge in [-0.3, -0.25) is 0 Å². The van der Waals surface area contributed by atoms with Crippen LogP contribution >= 0.6 is 22.9 Å². The average Bonchev–Trinajstić information content (AvgIpc) is 2.53. The summed E-state index contributed by atoms with van der Waals surface area (Å²) in [6.45, 7) is 0. The molecule has 2 heterocycles. The van der Waals surface area contributed by atoms with Crippen molar-refractivity contribution in [1.29, 1.82) is 0 Å². The summed E-state index contributed by atoms with van der Waals surface area (Å²) in [5.41, 5.74) is 6.31. The van der Waals surface area contributed by atoms with E-state index in [0.717, 1.165) is 10.6 Å². The number of thiophene rings is 1. The first-order chi connectivity index (χ1) is 6.25. The van der Waals surface area contributed by atoms with Gasteiger partial charge in [0.1, 0.15) is 5.82 Å². The van der Waals surface area contributed by atoms with Crippen LogP contribution in [0.5, 0.6) is 0 Å². The molecule has 0 saturated heterocycles. The van der Waals surface area contributed by atoms with Crippen LogP contribution in [0.4, 0.5) is 5.82 Å². The molecule has 2 aromatic rings. The standard InChI is InChI=1S/C8H6ClN3S/c9-8-11-5(4-7(10)12-8)6-2-1-3-13-6/h1-4H,(H2,10,11,12). The number of hydrogen-bond acceptors (Lipinski definition) is 4. The average molecular weight is 212 g/mol. The Balaban J connectivity index is 2.53. The van der Waals surface area contributed by atoms with Crippen LogP contribution in [-0.2, 0) is 0 Å². The first kappa shape index (κ1) is 8.47. The van der Waals surface area contributed by atoms with Crippen LogP contribution in [0.1, 0.15) is 0 Å². The lowest BCUT2D eigenvalue weighted by Gasteiger charge is -1.98. The first-order valence-electron chi connectivity index (χ1n) is 3.59. The van der Waals surface area contributed by atoms with Crippen LogP contribution in [0.15, 0.2) is 23.6 Å². The third-order valence-corrected chi connectivity index (χ3v) is 2.55. The van der Waals surface area contributed by atoms with Crippen LogP contribution in [0.25, 0.3) is 10.6 Å². The zero-order valence-electron chi connectivity index (χ0n) is 6.57. The van der Waals surface area contributed by atoms with Gasteiger partial charge in [-0.2, -0.15) is 0 Å². The normalized spacial score (nSPS) is 10.2. The summed E-state index contributed by atoms with van der Waals surface area (Å²) in [7, 11) is 0. The zero-order valence-corrected chi connectivity index (χ0v) is 8.14. The summed E-state index contributed by atoms with van der Waals surface area (Å²) in [4.78, 5) is 8.88. The minimum absolute atomic E-state index is 0.184.